The first-order chi connectivity index (χ1) is 14.6. The first kappa shape index (κ1) is 20.7. The summed E-state index contributed by atoms with van der Waals surface area (Å²) >= 11 is 0. The van der Waals surface area contributed by atoms with Crippen molar-refractivity contribution in [3.63, 3.8) is 0 Å². The molecule has 2 amide bonds. The van der Waals surface area contributed by atoms with Gasteiger partial charge in [-0.1, -0.05) is 0 Å². The summed E-state index contributed by atoms with van der Waals surface area (Å²) in [5, 5.41) is 17.6. The minimum atomic E-state index is -0.153. The zero-order valence-corrected chi connectivity index (χ0v) is 16.3. The van der Waals surface area contributed by atoms with Crippen molar-refractivity contribution < 1.29 is 19.1 Å². The number of benzene rings is 2. The average Bonchev–Trinajstić information content (AvgIpc) is 2.81. The van der Waals surface area contributed by atoms with Crippen LogP contribution in [0.2, 0.25) is 0 Å². The fourth-order valence-electron chi connectivity index (χ4n) is 2.93. The Morgan fingerprint density at radius 2 is 1.03 bits per heavy atom. The number of carbonyl (C=O) groups is 2. The Morgan fingerprint density at radius 3 is 1.33 bits per heavy atom. The second-order valence-electron chi connectivity index (χ2n) is 6.61. The fraction of sp³-hybridized carbons (Fsp3) is 0.273. The van der Waals surface area contributed by atoms with Crippen LogP contribution in [0, 0.1) is 22.7 Å². The lowest BCUT2D eigenvalue weighted by Crippen LogP contribution is -2.52. The first-order valence-electron chi connectivity index (χ1n) is 9.40. The molecule has 0 bridgehead atoms. The molecular weight excluding hydrogens is 384 g/mol. The number of nitriles is 2. The molecule has 0 aromatic heterocycles. The molecule has 3 rings (SSSR count). The van der Waals surface area contributed by atoms with Crippen molar-refractivity contribution in [2.24, 2.45) is 0 Å². The number of ether oxygens (including phenoxy) is 2. The third-order valence-corrected chi connectivity index (χ3v) is 4.68. The molecule has 1 heterocycles. The van der Waals surface area contributed by atoms with E-state index in [0.29, 0.717) is 48.8 Å². The Kier molecular flexibility index (Phi) is 6.86. The summed E-state index contributed by atoms with van der Waals surface area (Å²) in [4.78, 5) is 28.0. The molecule has 152 valence electrons. The molecular formula is C22H20N4O4. The molecule has 0 spiro atoms. The first-order valence-corrected chi connectivity index (χ1v) is 9.40. The largest absolute Gasteiger partial charge is 0.484 e. The lowest BCUT2D eigenvalue weighted by molar-refractivity contribution is -0.141. The Labute approximate surface area is 174 Å². The summed E-state index contributed by atoms with van der Waals surface area (Å²) in [6, 6.07) is 17.2. The zero-order valence-electron chi connectivity index (χ0n) is 16.3. The maximum Gasteiger partial charge on any atom is 0.260 e. The molecule has 1 aliphatic rings. The Bertz CT molecular complexity index is 885. The zero-order chi connectivity index (χ0) is 21.3. The van der Waals surface area contributed by atoms with Gasteiger partial charge in [-0.2, -0.15) is 10.5 Å². The van der Waals surface area contributed by atoms with E-state index >= 15 is 0 Å². The van der Waals surface area contributed by atoms with Crippen molar-refractivity contribution in [2.75, 3.05) is 39.4 Å². The van der Waals surface area contributed by atoms with Gasteiger partial charge >= 0.3 is 0 Å². The summed E-state index contributed by atoms with van der Waals surface area (Å²) in [6.07, 6.45) is 0. The Hall–Kier alpha value is -4.04. The number of nitrogens with zero attached hydrogens (tertiary/aromatic N) is 4. The van der Waals surface area contributed by atoms with Crippen LogP contribution in [0.5, 0.6) is 11.5 Å². The number of hydrogen-bond acceptors (Lipinski definition) is 6. The van der Waals surface area contributed by atoms with Gasteiger partial charge in [0.1, 0.15) is 11.5 Å². The highest BCUT2D eigenvalue weighted by Gasteiger charge is 2.24. The summed E-state index contributed by atoms with van der Waals surface area (Å²) in [6.45, 7) is 1.52. The molecule has 2 aromatic rings. The maximum atomic E-state index is 12.3. The molecule has 1 fully saturated rings. The van der Waals surface area contributed by atoms with Gasteiger partial charge in [0.15, 0.2) is 13.2 Å². The van der Waals surface area contributed by atoms with Crippen LogP contribution in [-0.4, -0.2) is 61.0 Å². The molecule has 30 heavy (non-hydrogen) atoms. The summed E-state index contributed by atoms with van der Waals surface area (Å²) in [5.74, 6) is 0.743. The van der Waals surface area contributed by atoms with Crippen LogP contribution in [0.3, 0.4) is 0 Å². The van der Waals surface area contributed by atoms with E-state index in [1.807, 2.05) is 12.1 Å². The smallest absolute Gasteiger partial charge is 0.260 e. The van der Waals surface area contributed by atoms with Crippen LogP contribution >= 0.6 is 0 Å². The predicted octanol–water partition coefficient (Wildman–Crippen LogP) is 1.56. The van der Waals surface area contributed by atoms with E-state index in [0.717, 1.165) is 0 Å². The van der Waals surface area contributed by atoms with Gasteiger partial charge in [0, 0.05) is 26.2 Å². The van der Waals surface area contributed by atoms with E-state index in [4.69, 9.17) is 20.0 Å². The molecule has 1 saturated heterocycles. The van der Waals surface area contributed by atoms with Gasteiger partial charge in [0.2, 0.25) is 0 Å². The highest BCUT2D eigenvalue weighted by Crippen LogP contribution is 2.13. The van der Waals surface area contributed by atoms with Crippen molar-refractivity contribution in [3.8, 4) is 23.6 Å². The van der Waals surface area contributed by atoms with E-state index < -0.39 is 0 Å². The van der Waals surface area contributed by atoms with Crippen molar-refractivity contribution in [1.82, 2.24) is 9.80 Å². The molecule has 0 saturated carbocycles. The van der Waals surface area contributed by atoms with Gasteiger partial charge in [-0.25, -0.2) is 0 Å². The Balaban J connectivity index is 1.39. The number of rotatable bonds is 6. The lowest BCUT2D eigenvalue weighted by atomic mass is 10.2. The molecule has 0 unspecified atom stereocenters. The van der Waals surface area contributed by atoms with Gasteiger partial charge in [-0.05, 0) is 48.5 Å². The Morgan fingerprint density at radius 1 is 0.700 bits per heavy atom. The van der Waals surface area contributed by atoms with Gasteiger partial charge in [0.25, 0.3) is 11.8 Å². The molecule has 0 radical (unpaired) electrons. The standard InChI is InChI=1S/C22H20N4O4/c23-13-17-1-5-19(6-2-17)29-15-21(27)25-9-11-26(12-10-25)22(28)16-30-20-7-3-18(14-24)4-8-20/h1-8H,9-12,15-16H2. The minimum absolute atomic E-state index is 0.0956. The maximum absolute atomic E-state index is 12.3. The van der Waals surface area contributed by atoms with Gasteiger partial charge in [-0.15, -0.1) is 0 Å². The molecule has 0 atom stereocenters. The SMILES string of the molecule is N#Cc1ccc(OCC(=O)N2CCN(C(=O)COc3ccc(C#N)cc3)CC2)cc1. The highest BCUT2D eigenvalue weighted by atomic mass is 16.5. The number of carbonyl (C=O) groups excluding carboxylic acids is 2. The number of hydrogen-bond donors (Lipinski definition) is 0. The van der Waals surface area contributed by atoms with E-state index in [9.17, 15) is 9.59 Å². The number of amides is 2. The summed E-state index contributed by atoms with van der Waals surface area (Å²) in [7, 11) is 0. The van der Waals surface area contributed by atoms with Crippen molar-refractivity contribution in [1.29, 1.82) is 10.5 Å². The monoisotopic (exact) mass is 404 g/mol. The second-order valence-corrected chi connectivity index (χ2v) is 6.61. The van der Waals surface area contributed by atoms with Gasteiger partial charge < -0.3 is 19.3 Å². The molecule has 2 aromatic carbocycles. The lowest BCUT2D eigenvalue weighted by Gasteiger charge is -2.34. The van der Waals surface area contributed by atoms with Gasteiger partial charge in [0.05, 0.1) is 23.3 Å². The third kappa shape index (κ3) is 5.49. The minimum Gasteiger partial charge on any atom is -0.484 e. The van der Waals surface area contributed by atoms with E-state index in [2.05, 4.69) is 0 Å². The topological polar surface area (TPSA) is 107 Å². The van der Waals surface area contributed by atoms with Crippen LogP contribution in [0.4, 0.5) is 0 Å². The van der Waals surface area contributed by atoms with Crippen LogP contribution in [0.15, 0.2) is 48.5 Å². The highest BCUT2D eigenvalue weighted by molar-refractivity contribution is 5.80. The van der Waals surface area contributed by atoms with E-state index in [1.54, 1.807) is 58.3 Å². The van der Waals surface area contributed by atoms with Crippen LogP contribution in [0.1, 0.15) is 11.1 Å². The normalized spacial score (nSPS) is 13.1. The molecule has 0 N–H and O–H groups in total. The molecule has 1 aliphatic heterocycles. The average molecular weight is 404 g/mol. The summed E-state index contributed by atoms with van der Waals surface area (Å²) < 4.78 is 11.0. The van der Waals surface area contributed by atoms with Crippen molar-refractivity contribution in [3.05, 3.63) is 59.7 Å². The fourth-order valence-corrected chi connectivity index (χ4v) is 2.93. The molecule has 8 nitrogen and oxygen atoms in total. The number of piperazine rings is 1. The van der Waals surface area contributed by atoms with E-state index in [1.165, 1.54) is 0 Å². The summed E-state index contributed by atoms with van der Waals surface area (Å²) in [5.41, 5.74) is 1.05. The van der Waals surface area contributed by atoms with Crippen LogP contribution in [-0.2, 0) is 9.59 Å². The quantitative estimate of drug-likeness (QED) is 0.723. The van der Waals surface area contributed by atoms with Crippen LogP contribution < -0.4 is 9.47 Å². The third-order valence-electron chi connectivity index (χ3n) is 4.68. The molecule has 8 heteroatoms. The van der Waals surface area contributed by atoms with Crippen molar-refractivity contribution in [2.45, 2.75) is 0 Å². The predicted molar refractivity (Wildman–Crippen MR) is 106 cm³/mol. The second kappa shape index (κ2) is 9.94. The van der Waals surface area contributed by atoms with Gasteiger partial charge in [-0.3, -0.25) is 9.59 Å². The van der Waals surface area contributed by atoms with E-state index in [-0.39, 0.29) is 25.0 Å². The van der Waals surface area contributed by atoms with Crippen molar-refractivity contribution >= 4 is 11.8 Å². The molecule has 0 aliphatic carbocycles. The van der Waals surface area contributed by atoms with Crippen LogP contribution in [0.25, 0.3) is 0 Å².